The van der Waals surface area contributed by atoms with Gasteiger partial charge in [-0.05, 0) is 0 Å². The van der Waals surface area contributed by atoms with Crippen LogP contribution in [0.2, 0.25) is 0 Å². The van der Waals surface area contributed by atoms with Gasteiger partial charge in [0.25, 0.3) is 0 Å². The molecule has 2 saturated heterocycles. The zero-order valence-corrected chi connectivity index (χ0v) is 19.0. The van der Waals surface area contributed by atoms with E-state index in [2.05, 4.69) is 48.2 Å². The molecule has 23 heavy (non-hydrogen) atoms. The molecule has 0 radical (unpaired) electrons. The molecule has 138 valence electrons. The first-order valence-electron chi connectivity index (χ1n) is 10.7. The van der Waals surface area contributed by atoms with Crippen LogP contribution in [0.4, 0.5) is 0 Å². The summed E-state index contributed by atoms with van der Waals surface area (Å²) in [4.78, 5) is 0. The molecule has 0 N–H and O–H groups in total. The summed E-state index contributed by atoms with van der Waals surface area (Å²) in [5.74, 6) is 0. The van der Waals surface area contributed by atoms with Crippen molar-refractivity contribution in [2.75, 3.05) is 6.66 Å². The van der Waals surface area contributed by atoms with Crippen molar-refractivity contribution in [3.05, 3.63) is 0 Å². The van der Waals surface area contributed by atoms with Crippen LogP contribution >= 0.6 is 15.2 Å². The van der Waals surface area contributed by atoms with Gasteiger partial charge >= 0.3 is 149 Å². The van der Waals surface area contributed by atoms with Crippen LogP contribution in [0.25, 0.3) is 0 Å². The van der Waals surface area contributed by atoms with Crippen LogP contribution in [-0.4, -0.2) is 40.6 Å². The number of rotatable bonds is 7. The van der Waals surface area contributed by atoms with Crippen molar-refractivity contribution in [1.82, 2.24) is 0 Å². The van der Waals surface area contributed by atoms with Gasteiger partial charge in [0, 0.05) is 0 Å². The second-order valence-corrected chi connectivity index (χ2v) is 17.3. The Morgan fingerprint density at radius 2 is 1.22 bits per heavy atom. The molecule has 0 amide bonds. The van der Waals surface area contributed by atoms with Gasteiger partial charge in [0.15, 0.2) is 0 Å². The van der Waals surface area contributed by atoms with E-state index in [9.17, 15) is 0 Å². The molecule has 2 aliphatic heterocycles. The molecular weight excluding hydrogens is 314 g/mol. The van der Waals surface area contributed by atoms with E-state index in [1.807, 2.05) is 0 Å². The van der Waals surface area contributed by atoms with Crippen LogP contribution < -0.4 is 0 Å². The molecule has 2 heteroatoms. The van der Waals surface area contributed by atoms with Gasteiger partial charge in [0.05, 0.1) is 0 Å². The summed E-state index contributed by atoms with van der Waals surface area (Å²) in [5.41, 5.74) is 6.48. The SMILES string of the molecule is CC[C@@H]1CC[C@@H](CC)P1[C@@H](C)[C@H](C)[PH]1(C)[C@H](CC)CC[C@H]1CC. The maximum atomic E-state index is 2.83. The summed E-state index contributed by atoms with van der Waals surface area (Å²) in [6, 6.07) is 0. The van der Waals surface area contributed by atoms with E-state index in [1.54, 1.807) is 25.7 Å². The zero-order chi connectivity index (χ0) is 17.2. The normalized spacial score (nSPS) is 38.6. The Morgan fingerprint density at radius 3 is 1.57 bits per heavy atom. The van der Waals surface area contributed by atoms with Crippen LogP contribution in [0, 0.1) is 0 Å². The Morgan fingerprint density at radius 1 is 0.783 bits per heavy atom. The van der Waals surface area contributed by atoms with E-state index in [0.717, 1.165) is 34.0 Å². The van der Waals surface area contributed by atoms with Gasteiger partial charge in [-0.2, -0.15) is 0 Å². The van der Waals surface area contributed by atoms with Gasteiger partial charge < -0.3 is 0 Å². The minimum absolute atomic E-state index is 0.266. The molecule has 0 saturated carbocycles. The fraction of sp³-hybridized carbons (Fsp3) is 1.00. The van der Waals surface area contributed by atoms with Gasteiger partial charge in [-0.1, -0.05) is 0 Å². The molecular formula is C21H44P2. The van der Waals surface area contributed by atoms with E-state index in [4.69, 9.17) is 0 Å². The van der Waals surface area contributed by atoms with Crippen molar-refractivity contribution < 1.29 is 0 Å². The summed E-state index contributed by atoms with van der Waals surface area (Å²) in [5, 5.41) is 0. The Bertz CT molecular complexity index is 343. The molecule has 2 fully saturated rings. The van der Waals surface area contributed by atoms with Gasteiger partial charge in [-0.3, -0.25) is 0 Å². The van der Waals surface area contributed by atoms with Crippen LogP contribution in [0.5, 0.6) is 0 Å². The molecule has 2 aliphatic rings. The molecule has 2 heterocycles. The van der Waals surface area contributed by atoms with Crippen molar-refractivity contribution in [3.8, 4) is 0 Å². The minimum atomic E-state index is -1.15. The van der Waals surface area contributed by atoms with Crippen LogP contribution in [-0.2, 0) is 0 Å². The predicted octanol–water partition coefficient (Wildman–Crippen LogP) is 7.33. The fourth-order valence-corrected chi connectivity index (χ4v) is 18.8. The zero-order valence-electron chi connectivity index (χ0n) is 17.1. The number of hydrogen-bond donors (Lipinski definition) is 0. The van der Waals surface area contributed by atoms with Crippen molar-refractivity contribution in [2.24, 2.45) is 0 Å². The molecule has 0 aromatic carbocycles. The van der Waals surface area contributed by atoms with Crippen molar-refractivity contribution in [1.29, 1.82) is 0 Å². The number of hydrogen-bond acceptors (Lipinski definition) is 0. The molecule has 6 atom stereocenters. The van der Waals surface area contributed by atoms with Crippen LogP contribution in [0.3, 0.4) is 0 Å². The third kappa shape index (κ3) is 3.56. The summed E-state index contributed by atoms with van der Waals surface area (Å²) in [6.45, 7) is 18.1. The van der Waals surface area contributed by atoms with Gasteiger partial charge in [-0.25, -0.2) is 0 Å². The molecule has 0 aromatic rings. The second-order valence-electron chi connectivity index (χ2n) is 8.83. The van der Waals surface area contributed by atoms with Crippen molar-refractivity contribution in [3.63, 3.8) is 0 Å². The molecule has 0 nitrogen and oxygen atoms in total. The fourth-order valence-electron chi connectivity index (χ4n) is 6.64. The first kappa shape index (κ1) is 20.2. The summed E-state index contributed by atoms with van der Waals surface area (Å²) in [6.07, 6.45) is 12.0. The third-order valence-corrected chi connectivity index (χ3v) is 20.4. The van der Waals surface area contributed by atoms with Gasteiger partial charge in [0.1, 0.15) is 0 Å². The first-order valence-corrected chi connectivity index (χ1v) is 15.0. The molecule has 0 aliphatic carbocycles. The summed E-state index contributed by atoms with van der Waals surface area (Å²) >= 11 is 0. The topological polar surface area (TPSA) is 0 Å². The van der Waals surface area contributed by atoms with Gasteiger partial charge in [0.2, 0.25) is 0 Å². The average Bonchev–Trinajstić information content (AvgIpc) is 3.13. The molecule has 0 aromatic heterocycles. The van der Waals surface area contributed by atoms with Crippen LogP contribution in [0.1, 0.15) is 92.9 Å². The molecule has 0 bridgehead atoms. The second kappa shape index (κ2) is 8.49. The molecule has 0 unspecified atom stereocenters. The van der Waals surface area contributed by atoms with E-state index in [0.29, 0.717) is 0 Å². The predicted molar refractivity (Wildman–Crippen MR) is 115 cm³/mol. The third-order valence-electron chi connectivity index (χ3n) is 8.40. The van der Waals surface area contributed by atoms with E-state index < -0.39 is 7.26 Å². The molecule has 2 rings (SSSR count). The van der Waals surface area contributed by atoms with Crippen molar-refractivity contribution in [2.45, 2.75) is 127 Å². The van der Waals surface area contributed by atoms with E-state index in [1.165, 1.54) is 25.7 Å². The Hall–Kier alpha value is 0.860. The standard InChI is InChI=1S/C21H44P2/c1-8-18-12-13-19(9-2)22(18)16(5)17(6)23(7)20(10-3)14-15-21(23)11-4/h16-21,23H,8-15H2,1-7H3/t16-,17-,18+,19+,20+,21+/m0/s1. The van der Waals surface area contributed by atoms with E-state index >= 15 is 0 Å². The Labute approximate surface area is 149 Å². The quantitative estimate of drug-likeness (QED) is 0.418. The maximum absolute atomic E-state index is 2.83. The monoisotopic (exact) mass is 358 g/mol. The van der Waals surface area contributed by atoms with Crippen LogP contribution in [0.15, 0.2) is 0 Å². The van der Waals surface area contributed by atoms with Gasteiger partial charge in [-0.15, -0.1) is 0 Å². The summed E-state index contributed by atoms with van der Waals surface area (Å²) in [7, 11) is -0.882. The Balaban J connectivity index is 2.24. The average molecular weight is 359 g/mol. The molecule has 0 spiro atoms. The van der Waals surface area contributed by atoms with Crippen molar-refractivity contribution >= 4 is 15.2 Å². The summed E-state index contributed by atoms with van der Waals surface area (Å²) < 4.78 is 0. The Kier molecular flexibility index (Phi) is 7.45. The first-order chi connectivity index (χ1) is 10.9. The van der Waals surface area contributed by atoms with E-state index in [-0.39, 0.29) is 7.92 Å².